The SMILES string of the molecule is CCOc1ccc(C(C)NC(=NC)NCc2nc(-c3ccco3)n[nH]2)cc1OCC. The van der Waals surface area contributed by atoms with Gasteiger partial charge in [-0.2, -0.15) is 0 Å². The normalized spacial score (nSPS) is 12.5. The molecule has 0 fully saturated rings. The van der Waals surface area contributed by atoms with E-state index in [9.17, 15) is 0 Å². The number of nitrogens with zero attached hydrogens (tertiary/aromatic N) is 3. The highest BCUT2D eigenvalue weighted by atomic mass is 16.5. The van der Waals surface area contributed by atoms with Crippen molar-refractivity contribution < 1.29 is 13.9 Å². The fourth-order valence-corrected chi connectivity index (χ4v) is 2.88. The van der Waals surface area contributed by atoms with Crippen molar-refractivity contribution in [3.05, 3.63) is 48.0 Å². The zero-order chi connectivity index (χ0) is 21.3. The van der Waals surface area contributed by atoms with Crippen LogP contribution >= 0.6 is 0 Å². The first-order valence-electron chi connectivity index (χ1n) is 9.96. The minimum absolute atomic E-state index is 0.000474. The summed E-state index contributed by atoms with van der Waals surface area (Å²) in [7, 11) is 1.72. The van der Waals surface area contributed by atoms with Crippen LogP contribution in [0, 0.1) is 0 Å². The summed E-state index contributed by atoms with van der Waals surface area (Å²) >= 11 is 0. The topological polar surface area (TPSA) is 110 Å². The Kier molecular flexibility index (Phi) is 7.31. The van der Waals surface area contributed by atoms with Gasteiger partial charge in [0.25, 0.3) is 0 Å². The number of furan rings is 1. The Bertz CT molecular complexity index is 952. The van der Waals surface area contributed by atoms with E-state index in [0.29, 0.717) is 43.1 Å². The van der Waals surface area contributed by atoms with Crippen molar-refractivity contribution in [3.8, 4) is 23.1 Å². The lowest BCUT2D eigenvalue weighted by atomic mass is 10.1. The lowest BCUT2D eigenvalue weighted by Crippen LogP contribution is -2.38. The van der Waals surface area contributed by atoms with Crippen molar-refractivity contribution in [2.45, 2.75) is 33.4 Å². The van der Waals surface area contributed by atoms with Gasteiger partial charge in [0.05, 0.1) is 32.1 Å². The lowest BCUT2D eigenvalue weighted by Gasteiger charge is -2.19. The van der Waals surface area contributed by atoms with Gasteiger partial charge in [-0.05, 0) is 50.6 Å². The zero-order valence-electron chi connectivity index (χ0n) is 17.7. The highest BCUT2D eigenvalue weighted by molar-refractivity contribution is 5.80. The predicted molar refractivity (Wildman–Crippen MR) is 115 cm³/mol. The number of aliphatic imine (C=N–C) groups is 1. The largest absolute Gasteiger partial charge is 0.490 e. The molecule has 1 atom stereocenters. The van der Waals surface area contributed by atoms with Gasteiger partial charge in [-0.3, -0.25) is 10.1 Å². The van der Waals surface area contributed by atoms with Crippen molar-refractivity contribution in [2.75, 3.05) is 20.3 Å². The van der Waals surface area contributed by atoms with Gasteiger partial charge in [0, 0.05) is 7.05 Å². The smallest absolute Gasteiger partial charge is 0.216 e. The Hall–Kier alpha value is -3.49. The summed E-state index contributed by atoms with van der Waals surface area (Å²) in [5.41, 5.74) is 1.06. The number of aromatic nitrogens is 3. The summed E-state index contributed by atoms with van der Waals surface area (Å²) < 4.78 is 16.7. The quantitative estimate of drug-likeness (QED) is 0.365. The van der Waals surface area contributed by atoms with E-state index in [4.69, 9.17) is 13.9 Å². The van der Waals surface area contributed by atoms with Crippen LogP contribution in [-0.4, -0.2) is 41.4 Å². The molecule has 0 aliphatic rings. The minimum Gasteiger partial charge on any atom is -0.490 e. The molecule has 3 rings (SSSR count). The number of aromatic amines is 1. The molecule has 9 nitrogen and oxygen atoms in total. The van der Waals surface area contributed by atoms with Crippen LogP contribution < -0.4 is 20.1 Å². The van der Waals surface area contributed by atoms with Crippen LogP contribution in [0.25, 0.3) is 11.6 Å². The maximum atomic E-state index is 5.72. The monoisotopic (exact) mass is 412 g/mol. The summed E-state index contributed by atoms with van der Waals surface area (Å²) in [6, 6.07) is 9.56. The second-order valence-corrected chi connectivity index (χ2v) is 6.45. The van der Waals surface area contributed by atoms with E-state index in [2.05, 4.69) is 37.7 Å². The summed E-state index contributed by atoms with van der Waals surface area (Å²) in [5.74, 6) is 3.94. The number of hydrogen-bond acceptors (Lipinski definition) is 6. The third-order valence-electron chi connectivity index (χ3n) is 4.34. The first-order valence-corrected chi connectivity index (χ1v) is 9.96. The Morgan fingerprint density at radius 1 is 1.20 bits per heavy atom. The van der Waals surface area contributed by atoms with E-state index >= 15 is 0 Å². The second-order valence-electron chi connectivity index (χ2n) is 6.45. The molecular weight excluding hydrogens is 384 g/mol. The summed E-state index contributed by atoms with van der Waals surface area (Å²) in [5, 5.41) is 13.7. The van der Waals surface area contributed by atoms with Gasteiger partial charge in [0.15, 0.2) is 23.2 Å². The number of nitrogens with one attached hydrogen (secondary N) is 3. The van der Waals surface area contributed by atoms with E-state index in [1.54, 1.807) is 19.4 Å². The molecule has 2 heterocycles. The Balaban J connectivity index is 1.60. The third-order valence-corrected chi connectivity index (χ3v) is 4.34. The second kappa shape index (κ2) is 10.3. The molecule has 0 bridgehead atoms. The molecule has 160 valence electrons. The Morgan fingerprint density at radius 3 is 2.70 bits per heavy atom. The number of hydrogen-bond donors (Lipinski definition) is 3. The van der Waals surface area contributed by atoms with Gasteiger partial charge in [-0.15, -0.1) is 5.10 Å². The molecule has 2 aromatic heterocycles. The van der Waals surface area contributed by atoms with E-state index in [1.807, 2.05) is 38.1 Å². The molecule has 0 radical (unpaired) electrons. The van der Waals surface area contributed by atoms with Crippen molar-refractivity contribution in [1.29, 1.82) is 0 Å². The standard InChI is InChI=1S/C21H28N6O3/c1-5-28-16-10-9-15(12-18(16)29-6-2)14(3)24-21(22-4)23-13-19-25-20(27-26-19)17-8-7-11-30-17/h7-12,14H,5-6,13H2,1-4H3,(H2,22,23,24)(H,25,26,27). The van der Waals surface area contributed by atoms with Crippen LogP contribution in [0.5, 0.6) is 11.5 Å². The van der Waals surface area contributed by atoms with E-state index in [1.165, 1.54) is 0 Å². The average molecular weight is 412 g/mol. The molecule has 3 N–H and O–H groups in total. The molecule has 0 amide bonds. The molecular formula is C21H28N6O3. The van der Waals surface area contributed by atoms with Crippen molar-refractivity contribution in [3.63, 3.8) is 0 Å². The Morgan fingerprint density at radius 2 is 2.00 bits per heavy atom. The zero-order valence-corrected chi connectivity index (χ0v) is 17.7. The number of benzene rings is 1. The molecule has 3 aromatic rings. The van der Waals surface area contributed by atoms with Gasteiger partial charge in [-0.1, -0.05) is 6.07 Å². The Labute approximate surface area is 175 Å². The molecule has 0 saturated heterocycles. The van der Waals surface area contributed by atoms with Crippen LogP contribution in [0.4, 0.5) is 0 Å². The predicted octanol–water partition coefficient (Wildman–Crippen LogP) is 3.29. The van der Waals surface area contributed by atoms with E-state index < -0.39 is 0 Å². The molecule has 1 unspecified atom stereocenters. The highest BCUT2D eigenvalue weighted by Gasteiger charge is 2.13. The van der Waals surface area contributed by atoms with E-state index in [0.717, 1.165) is 17.1 Å². The number of rotatable bonds is 9. The first kappa shape index (κ1) is 21.2. The number of guanidine groups is 1. The maximum Gasteiger partial charge on any atom is 0.216 e. The van der Waals surface area contributed by atoms with E-state index in [-0.39, 0.29) is 6.04 Å². The fourth-order valence-electron chi connectivity index (χ4n) is 2.88. The fraction of sp³-hybridized carbons (Fsp3) is 0.381. The van der Waals surface area contributed by atoms with Crippen LogP contribution in [-0.2, 0) is 6.54 Å². The van der Waals surface area contributed by atoms with Crippen molar-refractivity contribution in [2.24, 2.45) is 4.99 Å². The molecule has 1 aromatic carbocycles. The summed E-state index contributed by atoms with van der Waals surface area (Å²) in [6.07, 6.45) is 1.59. The molecule has 0 spiro atoms. The minimum atomic E-state index is -0.000474. The van der Waals surface area contributed by atoms with Gasteiger partial charge >= 0.3 is 0 Å². The van der Waals surface area contributed by atoms with Crippen LogP contribution in [0.3, 0.4) is 0 Å². The number of H-pyrrole nitrogens is 1. The summed E-state index contributed by atoms with van der Waals surface area (Å²) in [6.45, 7) is 7.57. The molecule has 9 heteroatoms. The van der Waals surface area contributed by atoms with Crippen LogP contribution in [0.2, 0.25) is 0 Å². The summed E-state index contributed by atoms with van der Waals surface area (Å²) in [4.78, 5) is 8.71. The van der Waals surface area contributed by atoms with Gasteiger partial charge in [-0.25, -0.2) is 4.98 Å². The van der Waals surface area contributed by atoms with Gasteiger partial charge in [0.1, 0.15) is 5.82 Å². The molecule has 30 heavy (non-hydrogen) atoms. The third kappa shape index (κ3) is 5.31. The van der Waals surface area contributed by atoms with Gasteiger partial charge in [0.2, 0.25) is 5.82 Å². The molecule has 0 saturated carbocycles. The van der Waals surface area contributed by atoms with Crippen LogP contribution in [0.1, 0.15) is 38.2 Å². The van der Waals surface area contributed by atoms with Crippen molar-refractivity contribution >= 4 is 5.96 Å². The molecule has 0 aliphatic heterocycles. The first-order chi connectivity index (χ1) is 14.6. The lowest BCUT2D eigenvalue weighted by molar-refractivity contribution is 0.287. The maximum absolute atomic E-state index is 5.72. The molecule has 0 aliphatic carbocycles. The van der Waals surface area contributed by atoms with Crippen molar-refractivity contribution in [1.82, 2.24) is 25.8 Å². The van der Waals surface area contributed by atoms with Gasteiger partial charge < -0.3 is 24.5 Å². The highest BCUT2D eigenvalue weighted by Crippen LogP contribution is 2.30. The number of ether oxygens (including phenoxy) is 2. The average Bonchev–Trinajstić information content (AvgIpc) is 3.44. The van der Waals surface area contributed by atoms with Crippen LogP contribution in [0.15, 0.2) is 46.0 Å².